The molecule has 1 aromatic carbocycles. The molecular weight excluding hydrogens is 320 g/mol. The van der Waals surface area contributed by atoms with Crippen molar-refractivity contribution in [2.75, 3.05) is 30.7 Å². The van der Waals surface area contributed by atoms with Gasteiger partial charge in [-0.2, -0.15) is 0 Å². The van der Waals surface area contributed by atoms with Crippen LogP contribution in [-0.2, 0) is 4.74 Å². The number of piperidine rings is 1. The Hall–Kier alpha value is -1.36. The molecule has 0 unspecified atom stereocenters. The van der Waals surface area contributed by atoms with Crippen LogP contribution >= 0.6 is 11.8 Å². The zero-order valence-electron chi connectivity index (χ0n) is 15.3. The van der Waals surface area contributed by atoms with E-state index in [1.807, 2.05) is 37.4 Å². The molecule has 1 heterocycles. The van der Waals surface area contributed by atoms with E-state index in [4.69, 9.17) is 4.74 Å². The van der Waals surface area contributed by atoms with Crippen molar-refractivity contribution in [2.45, 2.75) is 51.0 Å². The number of likely N-dealkylation sites (tertiary alicyclic amines) is 1. The van der Waals surface area contributed by atoms with Crippen LogP contribution in [0.15, 0.2) is 29.2 Å². The van der Waals surface area contributed by atoms with Gasteiger partial charge >= 0.3 is 6.09 Å². The molecule has 5 heteroatoms. The zero-order valence-corrected chi connectivity index (χ0v) is 16.1. The van der Waals surface area contributed by atoms with Gasteiger partial charge in [0.2, 0.25) is 0 Å². The molecule has 0 aromatic heterocycles. The van der Waals surface area contributed by atoms with Gasteiger partial charge in [-0.25, -0.2) is 4.79 Å². The third kappa shape index (κ3) is 5.93. The van der Waals surface area contributed by atoms with E-state index in [-0.39, 0.29) is 6.09 Å². The van der Waals surface area contributed by atoms with Crippen LogP contribution in [0.1, 0.15) is 40.5 Å². The Kier molecular flexibility index (Phi) is 6.84. The second-order valence-corrected chi connectivity index (χ2v) is 8.53. The first-order valence-corrected chi connectivity index (χ1v) is 9.81. The number of anilines is 1. The molecule has 1 amide bonds. The number of amides is 1. The average molecular weight is 351 g/mol. The molecule has 0 atom stereocenters. The van der Waals surface area contributed by atoms with Crippen LogP contribution in [-0.4, -0.2) is 42.0 Å². The minimum Gasteiger partial charge on any atom is -0.444 e. The highest BCUT2D eigenvalue weighted by atomic mass is 32.2. The lowest BCUT2D eigenvalue weighted by Crippen LogP contribution is -2.42. The normalized spacial score (nSPS) is 16.1. The molecule has 1 fully saturated rings. The third-order valence-corrected chi connectivity index (χ3v) is 4.99. The van der Waals surface area contributed by atoms with Crippen LogP contribution in [0.4, 0.5) is 10.5 Å². The summed E-state index contributed by atoms with van der Waals surface area (Å²) in [4.78, 5) is 15.2. The lowest BCUT2D eigenvalue weighted by atomic mass is 9.97. The van der Waals surface area contributed by atoms with Gasteiger partial charge in [-0.3, -0.25) is 0 Å². The molecule has 1 aliphatic heterocycles. The third-order valence-electron chi connectivity index (χ3n) is 4.03. The fourth-order valence-electron chi connectivity index (χ4n) is 2.79. The number of rotatable bonds is 5. The van der Waals surface area contributed by atoms with Crippen molar-refractivity contribution in [1.82, 2.24) is 4.90 Å². The summed E-state index contributed by atoms with van der Waals surface area (Å²) in [5.74, 6) is 1.68. The first-order chi connectivity index (χ1) is 11.4. The second kappa shape index (κ2) is 8.65. The predicted octanol–water partition coefficient (Wildman–Crippen LogP) is 4.86. The van der Waals surface area contributed by atoms with E-state index in [0.29, 0.717) is 5.92 Å². The summed E-state index contributed by atoms with van der Waals surface area (Å²) in [7, 11) is 0. The van der Waals surface area contributed by atoms with Crippen molar-refractivity contribution in [3.05, 3.63) is 24.3 Å². The summed E-state index contributed by atoms with van der Waals surface area (Å²) in [5.41, 5.74) is 0.801. The van der Waals surface area contributed by atoms with Crippen LogP contribution in [0.5, 0.6) is 0 Å². The lowest BCUT2D eigenvalue weighted by Gasteiger charge is -2.33. The van der Waals surface area contributed by atoms with E-state index in [2.05, 4.69) is 36.5 Å². The van der Waals surface area contributed by atoms with Crippen LogP contribution in [0.3, 0.4) is 0 Å². The molecule has 0 bridgehead atoms. The highest BCUT2D eigenvalue weighted by Gasteiger charge is 2.26. The number of thioether (sulfide) groups is 1. The average Bonchev–Trinajstić information content (AvgIpc) is 2.53. The molecule has 0 aliphatic carbocycles. The van der Waals surface area contributed by atoms with E-state index in [9.17, 15) is 4.79 Å². The van der Waals surface area contributed by atoms with E-state index >= 15 is 0 Å². The maximum Gasteiger partial charge on any atom is 0.410 e. The highest BCUT2D eigenvalue weighted by Crippen LogP contribution is 2.27. The van der Waals surface area contributed by atoms with Crippen molar-refractivity contribution < 1.29 is 9.53 Å². The van der Waals surface area contributed by atoms with Crippen LogP contribution in [0.25, 0.3) is 0 Å². The number of carbonyl (C=O) groups is 1. The summed E-state index contributed by atoms with van der Waals surface area (Å²) in [6.07, 6.45) is 1.86. The SMILES string of the molecule is CCSc1ccccc1NCC1CCN(C(=O)OC(C)(C)C)CC1. The van der Waals surface area contributed by atoms with Crippen LogP contribution in [0, 0.1) is 5.92 Å². The van der Waals surface area contributed by atoms with E-state index in [0.717, 1.165) is 38.2 Å². The smallest absolute Gasteiger partial charge is 0.410 e. The van der Waals surface area contributed by atoms with Gasteiger partial charge in [0.1, 0.15) is 5.60 Å². The molecule has 2 rings (SSSR count). The Morgan fingerprint density at radius 3 is 2.58 bits per heavy atom. The second-order valence-electron chi connectivity index (χ2n) is 7.22. The minimum atomic E-state index is -0.420. The Balaban J connectivity index is 1.78. The summed E-state index contributed by atoms with van der Waals surface area (Å²) < 4.78 is 5.45. The Morgan fingerprint density at radius 1 is 1.29 bits per heavy atom. The molecule has 0 spiro atoms. The highest BCUT2D eigenvalue weighted by molar-refractivity contribution is 7.99. The molecule has 0 radical (unpaired) electrons. The number of benzene rings is 1. The fraction of sp³-hybridized carbons (Fsp3) is 0.632. The molecule has 1 aliphatic rings. The number of hydrogen-bond donors (Lipinski definition) is 1. The molecule has 1 aromatic rings. The van der Waals surface area contributed by atoms with Crippen molar-refractivity contribution >= 4 is 23.5 Å². The number of nitrogens with one attached hydrogen (secondary N) is 1. The first kappa shape index (κ1) is 19.0. The Morgan fingerprint density at radius 2 is 1.96 bits per heavy atom. The summed E-state index contributed by atoms with van der Waals surface area (Å²) in [5, 5.41) is 3.59. The van der Waals surface area contributed by atoms with Crippen molar-refractivity contribution in [2.24, 2.45) is 5.92 Å². The number of carbonyl (C=O) groups excluding carboxylic acids is 1. The van der Waals surface area contributed by atoms with Crippen molar-refractivity contribution in [1.29, 1.82) is 0 Å². The molecule has 4 nitrogen and oxygen atoms in total. The number of nitrogens with zero attached hydrogens (tertiary/aromatic N) is 1. The first-order valence-electron chi connectivity index (χ1n) is 8.82. The molecular formula is C19H30N2O2S. The van der Waals surface area contributed by atoms with Gasteiger partial charge in [0.15, 0.2) is 0 Å². The molecule has 0 saturated carbocycles. The zero-order chi connectivity index (χ0) is 17.6. The molecule has 1 saturated heterocycles. The Bertz CT molecular complexity index is 534. The topological polar surface area (TPSA) is 41.6 Å². The number of para-hydroxylation sites is 1. The quantitative estimate of drug-likeness (QED) is 0.770. The van der Waals surface area contributed by atoms with Gasteiger partial charge in [-0.1, -0.05) is 19.1 Å². The lowest BCUT2D eigenvalue weighted by molar-refractivity contribution is 0.0188. The predicted molar refractivity (Wildman–Crippen MR) is 102 cm³/mol. The summed E-state index contributed by atoms with van der Waals surface area (Å²) in [6, 6.07) is 8.48. The molecule has 134 valence electrons. The maximum atomic E-state index is 12.1. The summed E-state index contributed by atoms with van der Waals surface area (Å²) in [6.45, 7) is 10.4. The minimum absolute atomic E-state index is 0.182. The van der Waals surface area contributed by atoms with Gasteiger partial charge in [-0.15, -0.1) is 11.8 Å². The molecule has 1 N–H and O–H groups in total. The largest absolute Gasteiger partial charge is 0.444 e. The number of ether oxygens (including phenoxy) is 1. The van der Waals surface area contributed by atoms with Crippen molar-refractivity contribution in [3.63, 3.8) is 0 Å². The van der Waals surface area contributed by atoms with E-state index < -0.39 is 5.60 Å². The maximum absolute atomic E-state index is 12.1. The van der Waals surface area contributed by atoms with Gasteiger partial charge in [-0.05, 0) is 57.4 Å². The standard InChI is InChI=1S/C19H30N2O2S/c1-5-24-17-9-7-6-8-16(17)20-14-15-10-12-21(13-11-15)18(22)23-19(2,3)4/h6-9,15,20H,5,10-14H2,1-4H3. The van der Waals surface area contributed by atoms with Gasteiger partial charge < -0.3 is 15.0 Å². The monoisotopic (exact) mass is 350 g/mol. The van der Waals surface area contributed by atoms with Crippen LogP contribution in [0.2, 0.25) is 0 Å². The molecule has 24 heavy (non-hydrogen) atoms. The van der Waals surface area contributed by atoms with Crippen molar-refractivity contribution in [3.8, 4) is 0 Å². The van der Waals surface area contributed by atoms with Crippen LogP contribution < -0.4 is 5.32 Å². The fourth-order valence-corrected chi connectivity index (χ4v) is 3.58. The van der Waals surface area contributed by atoms with E-state index in [1.54, 1.807) is 0 Å². The van der Waals surface area contributed by atoms with Gasteiger partial charge in [0, 0.05) is 30.2 Å². The van der Waals surface area contributed by atoms with E-state index in [1.165, 1.54) is 10.6 Å². The summed E-state index contributed by atoms with van der Waals surface area (Å²) >= 11 is 1.87. The van der Waals surface area contributed by atoms with Gasteiger partial charge in [0.05, 0.1) is 0 Å². The Labute approximate surface area is 150 Å². The number of hydrogen-bond acceptors (Lipinski definition) is 4. The van der Waals surface area contributed by atoms with Gasteiger partial charge in [0.25, 0.3) is 0 Å².